The van der Waals surface area contributed by atoms with Gasteiger partial charge in [-0.05, 0) is 37.2 Å². The molecule has 0 radical (unpaired) electrons. The number of carbonyl (C=O) groups is 1. The zero-order valence-electron chi connectivity index (χ0n) is 17.1. The molecule has 1 aliphatic carbocycles. The maximum atomic E-state index is 13.1. The summed E-state index contributed by atoms with van der Waals surface area (Å²) in [5.74, 6) is 0.103. The maximum absolute atomic E-state index is 13.1. The highest BCUT2D eigenvalue weighted by Crippen LogP contribution is 2.37. The van der Waals surface area contributed by atoms with Crippen molar-refractivity contribution >= 4 is 44.8 Å². The first-order valence-corrected chi connectivity index (χ1v) is 12.5. The van der Waals surface area contributed by atoms with Gasteiger partial charge < -0.3 is 10.4 Å². The molecular weight excluding hydrogens is 464 g/mol. The Kier molecular flexibility index (Phi) is 7.66. The molecule has 2 aromatic rings. The lowest BCUT2D eigenvalue weighted by Gasteiger charge is -2.16. The van der Waals surface area contributed by atoms with Gasteiger partial charge in [0.1, 0.15) is 12.1 Å². The van der Waals surface area contributed by atoms with Crippen LogP contribution in [0.2, 0.25) is 4.34 Å². The Morgan fingerprint density at radius 3 is 2.87 bits per heavy atom. The number of carbonyl (C=O) groups excluding carboxylic acids is 1. The van der Waals surface area contributed by atoms with Crippen LogP contribution in [0.1, 0.15) is 60.0 Å². The lowest BCUT2D eigenvalue weighted by atomic mass is 10.0. The number of anilines is 1. The molecule has 0 aliphatic heterocycles. The summed E-state index contributed by atoms with van der Waals surface area (Å²) in [6.07, 6.45) is 4.23. The smallest absolute Gasteiger partial charge is 0.333 e. The minimum absolute atomic E-state index is 0.000719. The molecule has 2 aromatic heterocycles. The SMILES string of the molecule is CC(C)C(O)c1cc(C(=O)c2cncnc2N[C@H]2CC[C@@H](COS(N)(=O)=O)C2)sc1Cl. The number of aromatic nitrogens is 2. The van der Waals surface area contributed by atoms with Crippen molar-refractivity contribution in [3.63, 3.8) is 0 Å². The second-order valence-corrected chi connectivity index (χ2v) is 10.8. The predicted octanol–water partition coefficient (Wildman–Crippen LogP) is 2.91. The number of nitrogens with two attached hydrogens (primary N) is 1. The Morgan fingerprint density at radius 1 is 1.45 bits per heavy atom. The van der Waals surface area contributed by atoms with Gasteiger partial charge in [0, 0.05) is 17.8 Å². The standard InChI is InChI=1S/C19H25ClN4O5S2/c1-10(2)16(25)13-6-15(30-18(13)20)17(26)14-7-22-9-23-19(14)24-12-4-3-11(5-12)8-29-31(21,27)28/h6-7,9-12,16,25H,3-5,8H2,1-2H3,(H2,21,27,28)(H,22,23,24)/t11-,12+,16?/m1/s1. The Balaban J connectivity index is 1.73. The van der Waals surface area contributed by atoms with E-state index in [4.69, 9.17) is 20.9 Å². The van der Waals surface area contributed by atoms with Crippen molar-refractivity contribution in [1.29, 1.82) is 0 Å². The number of ketones is 1. The third-order valence-corrected chi connectivity index (χ3v) is 7.05. The third-order valence-electron chi connectivity index (χ3n) is 5.19. The zero-order valence-corrected chi connectivity index (χ0v) is 19.5. The van der Waals surface area contributed by atoms with Crippen molar-refractivity contribution in [2.24, 2.45) is 17.0 Å². The minimum Gasteiger partial charge on any atom is -0.388 e. The molecule has 0 amide bonds. The number of nitrogens with zero attached hydrogens (tertiary/aromatic N) is 2. The van der Waals surface area contributed by atoms with Crippen LogP contribution in [0.3, 0.4) is 0 Å². The van der Waals surface area contributed by atoms with E-state index >= 15 is 0 Å². The topological polar surface area (TPSA) is 144 Å². The van der Waals surface area contributed by atoms with Gasteiger partial charge >= 0.3 is 10.3 Å². The predicted molar refractivity (Wildman–Crippen MR) is 118 cm³/mol. The van der Waals surface area contributed by atoms with Gasteiger partial charge in [-0.2, -0.15) is 8.42 Å². The number of aliphatic hydroxyl groups is 1. The highest BCUT2D eigenvalue weighted by Gasteiger charge is 2.28. The van der Waals surface area contributed by atoms with Gasteiger partial charge in [0.05, 0.1) is 27.5 Å². The first-order valence-electron chi connectivity index (χ1n) is 9.80. The molecule has 1 fully saturated rings. The lowest BCUT2D eigenvalue weighted by Crippen LogP contribution is -2.22. The Labute approximate surface area is 190 Å². The van der Waals surface area contributed by atoms with Crippen LogP contribution >= 0.6 is 22.9 Å². The van der Waals surface area contributed by atoms with Crippen molar-refractivity contribution in [2.45, 2.75) is 45.3 Å². The van der Waals surface area contributed by atoms with Gasteiger partial charge in [0.25, 0.3) is 0 Å². The van der Waals surface area contributed by atoms with Crippen LogP contribution in [-0.4, -0.2) is 41.9 Å². The van der Waals surface area contributed by atoms with E-state index in [-0.39, 0.29) is 30.3 Å². The van der Waals surface area contributed by atoms with Gasteiger partial charge in [0.2, 0.25) is 5.78 Å². The van der Waals surface area contributed by atoms with Crippen molar-refractivity contribution < 1.29 is 22.5 Å². The molecule has 0 spiro atoms. The number of rotatable bonds is 9. The van der Waals surface area contributed by atoms with Crippen molar-refractivity contribution in [1.82, 2.24) is 9.97 Å². The largest absolute Gasteiger partial charge is 0.388 e. The average Bonchev–Trinajstić information content (AvgIpc) is 3.31. The first-order chi connectivity index (χ1) is 14.5. The van der Waals surface area contributed by atoms with Gasteiger partial charge in [-0.1, -0.05) is 25.4 Å². The van der Waals surface area contributed by atoms with E-state index in [1.165, 1.54) is 12.5 Å². The Bertz CT molecular complexity index is 1040. The molecule has 0 saturated heterocycles. The molecule has 4 N–H and O–H groups in total. The first kappa shape index (κ1) is 24.0. The summed E-state index contributed by atoms with van der Waals surface area (Å²) in [4.78, 5) is 21.7. The Hall–Kier alpha value is -1.63. The van der Waals surface area contributed by atoms with E-state index in [0.717, 1.165) is 24.2 Å². The summed E-state index contributed by atoms with van der Waals surface area (Å²) in [6, 6.07) is 1.62. The average molecular weight is 489 g/mol. The highest BCUT2D eigenvalue weighted by atomic mass is 35.5. The van der Waals surface area contributed by atoms with Crippen LogP contribution in [0.15, 0.2) is 18.6 Å². The molecule has 1 saturated carbocycles. The molecule has 31 heavy (non-hydrogen) atoms. The van der Waals surface area contributed by atoms with E-state index in [9.17, 15) is 18.3 Å². The van der Waals surface area contributed by atoms with Crippen molar-refractivity contribution in [3.05, 3.63) is 38.9 Å². The van der Waals surface area contributed by atoms with Gasteiger partial charge in [-0.25, -0.2) is 15.1 Å². The molecule has 170 valence electrons. The third kappa shape index (κ3) is 6.21. The molecule has 0 aromatic carbocycles. The number of halogens is 1. The second kappa shape index (κ2) is 9.88. The van der Waals surface area contributed by atoms with Gasteiger partial charge in [-0.3, -0.25) is 8.98 Å². The molecule has 0 bridgehead atoms. The quantitative estimate of drug-likeness (QED) is 0.457. The molecule has 9 nitrogen and oxygen atoms in total. The summed E-state index contributed by atoms with van der Waals surface area (Å²) in [7, 11) is -3.96. The summed E-state index contributed by atoms with van der Waals surface area (Å²) in [6.45, 7) is 3.77. The van der Waals surface area contributed by atoms with E-state index in [0.29, 0.717) is 32.6 Å². The molecule has 3 atom stereocenters. The van der Waals surface area contributed by atoms with Crippen LogP contribution < -0.4 is 10.5 Å². The Morgan fingerprint density at radius 2 is 2.19 bits per heavy atom. The van der Waals surface area contributed by atoms with Crippen LogP contribution in [0.5, 0.6) is 0 Å². The molecule has 12 heteroatoms. The van der Waals surface area contributed by atoms with Gasteiger partial charge in [-0.15, -0.1) is 11.3 Å². The molecule has 1 unspecified atom stereocenters. The highest BCUT2D eigenvalue weighted by molar-refractivity contribution is 7.84. The number of thiophene rings is 1. The van der Waals surface area contributed by atoms with E-state index in [1.54, 1.807) is 6.07 Å². The fourth-order valence-corrected chi connectivity index (χ4v) is 5.22. The number of hydrogen-bond acceptors (Lipinski definition) is 9. The summed E-state index contributed by atoms with van der Waals surface area (Å²) < 4.78 is 27.0. The number of nitrogens with one attached hydrogen (secondary N) is 1. The molecule has 3 rings (SSSR count). The fourth-order valence-electron chi connectivity index (χ4n) is 3.54. The van der Waals surface area contributed by atoms with Crippen LogP contribution in [-0.2, 0) is 14.5 Å². The van der Waals surface area contributed by atoms with Gasteiger partial charge in [0.15, 0.2) is 0 Å². The van der Waals surface area contributed by atoms with E-state index in [1.807, 2.05) is 13.8 Å². The second-order valence-electron chi connectivity index (χ2n) is 7.94. The summed E-state index contributed by atoms with van der Waals surface area (Å²) in [5, 5.41) is 18.5. The molecule has 1 aliphatic rings. The zero-order chi connectivity index (χ0) is 22.8. The lowest BCUT2D eigenvalue weighted by molar-refractivity contribution is 0.104. The summed E-state index contributed by atoms with van der Waals surface area (Å²) in [5.41, 5.74) is 0.833. The van der Waals surface area contributed by atoms with E-state index in [2.05, 4.69) is 15.3 Å². The number of aliphatic hydroxyl groups excluding tert-OH is 1. The van der Waals surface area contributed by atoms with Crippen LogP contribution in [0.4, 0.5) is 5.82 Å². The maximum Gasteiger partial charge on any atom is 0.333 e. The van der Waals surface area contributed by atoms with Crippen LogP contribution in [0, 0.1) is 11.8 Å². The minimum atomic E-state index is -3.96. The van der Waals surface area contributed by atoms with E-state index < -0.39 is 16.4 Å². The number of hydrogen-bond donors (Lipinski definition) is 3. The fraction of sp³-hybridized carbons (Fsp3) is 0.526. The van der Waals surface area contributed by atoms with Crippen molar-refractivity contribution in [2.75, 3.05) is 11.9 Å². The molecule has 2 heterocycles. The van der Waals surface area contributed by atoms with Crippen molar-refractivity contribution in [3.8, 4) is 0 Å². The van der Waals surface area contributed by atoms with Crippen LogP contribution in [0.25, 0.3) is 0 Å². The monoisotopic (exact) mass is 488 g/mol. The normalized spacial score (nSPS) is 20.2. The molecular formula is C19H25ClN4O5S2. The summed E-state index contributed by atoms with van der Waals surface area (Å²) >= 11 is 7.38.